The van der Waals surface area contributed by atoms with Crippen LogP contribution in [-0.4, -0.2) is 68.2 Å². The predicted molar refractivity (Wildman–Crippen MR) is 113 cm³/mol. The van der Waals surface area contributed by atoms with E-state index in [1.54, 1.807) is 0 Å². The normalized spacial score (nSPS) is 20.7. The van der Waals surface area contributed by atoms with Gasteiger partial charge in [0.15, 0.2) is 5.96 Å². The van der Waals surface area contributed by atoms with Crippen molar-refractivity contribution >= 4 is 5.96 Å². The van der Waals surface area contributed by atoms with Crippen LogP contribution in [0.25, 0.3) is 0 Å². The summed E-state index contributed by atoms with van der Waals surface area (Å²) in [6, 6.07) is 9.11. The Morgan fingerprint density at radius 1 is 1.22 bits per heavy atom. The Bertz CT molecular complexity index is 630. The maximum absolute atomic E-state index is 5.75. The van der Waals surface area contributed by atoms with Crippen molar-refractivity contribution in [3.63, 3.8) is 0 Å². The predicted octanol–water partition coefficient (Wildman–Crippen LogP) is 2.79. The second-order valence-corrected chi connectivity index (χ2v) is 7.89. The molecular weight excluding hydrogens is 336 g/mol. The largest absolute Gasteiger partial charge is 0.493 e. The summed E-state index contributed by atoms with van der Waals surface area (Å²) < 4.78 is 5.75. The summed E-state index contributed by atoms with van der Waals surface area (Å²) in [6.07, 6.45) is 6.75. The van der Waals surface area contributed by atoms with E-state index in [2.05, 4.69) is 70.4 Å². The first kappa shape index (κ1) is 19.7. The van der Waals surface area contributed by atoms with Crippen molar-refractivity contribution in [3.8, 4) is 5.75 Å². The van der Waals surface area contributed by atoms with E-state index in [-0.39, 0.29) is 0 Å². The smallest absolute Gasteiger partial charge is 0.193 e. The van der Waals surface area contributed by atoms with Gasteiger partial charge < -0.3 is 15.0 Å². The van der Waals surface area contributed by atoms with Crippen LogP contribution < -0.4 is 10.1 Å². The third-order valence-electron chi connectivity index (χ3n) is 5.24. The molecule has 3 rings (SSSR count). The van der Waals surface area contributed by atoms with Crippen LogP contribution in [0, 0.1) is 5.92 Å². The van der Waals surface area contributed by atoms with Crippen molar-refractivity contribution in [3.05, 3.63) is 42.0 Å². The van der Waals surface area contributed by atoms with Crippen molar-refractivity contribution in [2.75, 3.05) is 46.4 Å². The summed E-state index contributed by atoms with van der Waals surface area (Å²) in [5, 5.41) is 3.54. The van der Waals surface area contributed by atoms with Crippen molar-refractivity contribution in [1.82, 2.24) is 15.1 Å². The fraction of sp³-hybridized carbons (Fsp3) is 0.591. The molecule has 2 aliphatic heterocycles. The molecule has 1 saturated heterocycles. The van der Waals surface area contributed by atoms with Crippen LogP contribution in [-0.2, 0) is 6.42 Å². The number of guanidine groups is 1. The molecule has 148 valence electrons. The Labute approximate surface area is 164 Å². The average molecular weight is 371 g/mol. The van der Waals surface area contributed by atoms with Crippen LogP contribution >= 0.6 is 0 Å². The zero-order valence-electron chi connectivity index (χ0n) is 17.0. The number of rotatable bonds is 7. The number of hydrogen-bond acceptors (Lipinski definition) is 3. The second-order valence-electron chi connectivity index (χ2n) is 7.89. The lowest BCUT2D eigenvalue weighted by atomic mass is 10.1. The van der Waals surface area contributed by atoms with Gasteiger partial charge in [0.1, 0.15) is 5.75 Å². The quantitative estimate of drug-likeness (QED) is 0.455. The number of aliphatic imine (C=N–C) groups is 1. The third kappa shape index (κ3) is 5.73. The molecule has 2 aliphatic rings. The Morgan fingerprint density at radius 2 is 1.96 bits per heavy atom. The average Bonchev–Trinajstić information content (AvgIpc) is 3.36. The lowest BCUT2D eigenvalue weighted by Crippen LogP contribution is -2.43. The molecular formula is C22H34N4O. The Morgan fingerprint density at radius 3 is 2.63 bits per heavy atom. The Hall–Kier alpha value is -2.01. The highest BCUT2D eigenvalue weighted by atomic mass is 16.5. The molecule has 0 spiro atoms. The standard InChI is InChI=1S/C22H34N4O/c1-18(2)17-27-21-8-6-19(7-9-21)10-12-24-22(23-3)26-15-11-20(16-26)25-13-4-5-14-25/h4-9,18,20H,10-17H2,1-3H3,(H,23,24). The first-order valence-corrected chi connectivity index (χ1v) is 10.2. The molecule has 0 aliphatic carbocycles. The van der Waals surface area contributed by atoms with Crippen molar-refractivity contribution in [2.45, 2.75) is 32.7 Å². The molecule has 0 bridgehead atoms. The number of nitrogens with one attached hydrogen (secondary N) is 1. The maximum atomic E-state index is 5.75. The Balaban J connectivity index is 1.41. The number of likely N-dealkylation sites (tertiary alicyclic amines) is 1. The van der Waals surface area contributed by atoms with Crippen molar-refractivity contribution in [2.24, 2.45) is 10.9 Å². The SMILES string of the molecule is CN=C(NCCc1ccc(OCC(C)C)cc1)N1CCC(N2CC=CC2)C1. The van der Waals surface area contributed by atoms with Crippen LogP contribution in [0.3, 0.4) is 0 Å². The highest BCUT2D eigenvalue weighted by Gasteiger charge is 2.29. The van der Waals surface area contributed by atoms with E-state index in [4.69, 9.17) is 4.74 Å². The van der Waals surface area contributed by atoms with Crippen LogP contribution in [0.5, 0.6) is 5.75 Å². The molecule has 1 unspecified atom stereocenters. The van der Waals surface area contributed by atoms with Gasteiger partial charge in [0.2, 0.25) is 0 Å². The number of benzene rings is 1. The van der Waals surface area contributed by atoms with Crippen LogP contribution in [0.4, 0.5) is 0 Å². The second kappa shape index (κ2) is 9.79. The maximum Gasteiger partial charge on any atom is 0.193 e. The molecule has 1 aromatic rings. The summed E-state index contributed by atoms with van der Waals surface area (Å²) in [6.45, 7) is 10.3. The first-order valence-electron chi connectivity index (χ1n) is 10.2. The van der Waals surface area contributed by atoms with Gasteiger partial charge >= 0.3 is 0 Å². The first-order chi connectivity index (χ1) is 13.2. The monoisotopic (exact) mass is 370 g/mol. The fourth-order valence-corrected chi connectivity index (χ4v) is 3.69. The van der Waals surface area contributed by atoms with E-state index in [1.807, 2.05) is 7.05 Å². The molecule has 5 nitrogen and oxygen atoms in total. The third-order valence-corrected chi connectivity index (χ3v) is 5.24. The van der Waals surface area contributed by atoms with Gasteiger partial charge in [-0.25, -0.2) is 0 Å². The molecule has 0 radical (unpaired) electrons. The van der Waals surface area contributed by atoms with Crippen LogP contribution in [0.2, 0.25) is 0 Å². The zero-order valence-corrected chi connectivity index (χ0v) is 17.0. The number of ether oxygens (including phenoxy) is 1. The van der Waals surface area contributed by atoms with Crippen LogP contribution in [0.1, 0.15) is 25.8 Å². The minimum Gasteiger partial charge on any atom is -0.493 e. The lowest BCUT2D eigenvalue weighted by Gasteiger charge is -2.25. The molecule has 1 N–H and O–H groups in total. The molecule has 1 aromatic carbocycles. The number of hydrogen-bond donors (Lipinski definition) is 1. The van der Waals surface area contributed by atoms with E-state index in [1.165, 1.54) is 12.0 Å². The van der Waals surface area contributed by atoms with Gasteiger partial charge in [-0.15, -0.1) is 0 Å². The van der Waals surface area contributed by atoms with E-state index in [9.17, 15) is 0 Å². The summed E-state index contributed by atoms with van der Waals surface area (Å²) in [4.78, 5) is 9.44. The van der Waals surface area contributed by atoms with E-state index in [0.29, 0.717) is 12.0 Å². The van der Waals surface area contributed by atoms with Gasteiger partial charge in [0.25, 0.3) is 0 Å². The van der Waals surface area contributed by atoms with Gasteiger partial charge in [-0.2, -0.15) is 0 Å². The van der Waals surface area contributed by atoms with Gasteiger partial charge in [-0.3, -0.25) is 9.89 Å². The van der Waals surface area contributed by atoms with Gasteiger partial charge in [0, 0.05) is 45.8 Å². The lowest BCUT2D eigenvalue weighted by molar-refractivity contribution is 0.259. The van der Waals surface area contributed by atoms with Crippen molar-refractivity contribution in [1.29, 1.82) is 0 Å². The number of nitrogens with zero attached hydrogens (tertiary/aromatic N) is 3. The van der Waals surface area contributed by atoms with E-state index >= 15 is 0 Å². The minimum atomic E-state index is 0.549. The minimum absolute atomic E-state index is 0.549. The molecule has 5 heteroatoms. The molecule has 1 fully saturated rings. The highest BCUT2D eigenvalue weighted by molar-refractivity contribution is 5.80. The van der Waals surface area contributed by atoms with Gasteiger partial charge in [0.05, 0.1) is 6.61 Å². The zero-order chi connectivity index (χ0) is 19.1. The molecule has 2 heterocycles. The summed E-state index contributed by atoms with van der Waals surface area (Å²) in [5.41, 5.74) is 1.32. The van der Waals surface area contributed by atoms with Crippen molar-refractivity contribution < 1.29 is 4.74 Å². The fourth-order valence-electron chi connectivity index (χ4n) is 3.69. The van der Waals surface area contributed by atoms with Gasteiger partial charge in [-0.05, 0) is 36.5 Å². The Kier molecular flexibility index (Phi) is 7.16. The molecule has 0 saturated carbocycles. The van der Waals surface area contributed by atoms with E-state index < -0.39 is 0 Å². The van der Waals surface area contributed by atoms with Gasteiger partial charge in [-0.1, -0.05) is 38.1 Å². The molecule has 0 aromatic heterocycles. The molecule has 1 atom stereocenters. The topological polar surface area (TPSA) is 40.1 Å². The summed E-state index contributed by atoms with van der Waals surface area (Å²) in [5.74, 6) is 2.53. The highest BCUT2D eigenvalue weighted by Crippen LogP contribution is 2.18. The van der Waals surface area contributed by atoms with Crippen LogP contribution in [0.15, 0.2) is 41.4 Å². The summed E-state index contributed by atoms with van der Waals surface area (Å²) in [7, 11) is 1.88. The molecule has 27 heavy (non-hydrogen) atoms. The molecule has 0 amide bonds. The van der Waals surface area contributed by atoms with E-state index in [0.717, 1.165) is 57.5 Å². The summed E-state index contributed by atoms with van der Waals surface area (Å²) >= 11 is 0.